The third-order valence-electron chi connectivity index (χ3n) is 6.13. The molecule has 0 unspecified atom stereocenters. The summed E-state index contributed by atoms with van der Waals surface area (Å²) in [6.07, 6.45) is 6.14. The van der Waals surface area contributed by atoms with Gasteiger partial charge in [0.25, 0.3) is 5.91 Å². The van der Waals surface area contributed by atoms with Crippen LogP contribution in [0.25, 0.3) is 10.9 Å². The molecule has 9 nitrogen and oxygen atoms in total. The molecule has 1 amide bonds. The van der Waals surface area contributed by atoms with E-state index in [-0.39, 0.29) is 23.8 Å². The van der Waals surface area contributed by atoms with Crippen LogP contribution in [-0.2, 0) is 7.05 Å². The van der Waals surface area contributed by atoms with Crippen LogP contribution >= 0.6 is 0 Å². The van der Waals surface area contributed by atoms with Gasteiger partial charge < -0.3 is 20.5 Å². The maximum Gasteiger partial charge on any atom is 0.252 e. The smallest absolute Gasteiger partial charge is 0.252 e. The molecule has 3 N–H and O–H groups in total. The summed E-state index contributed by atoms with van der Waals surface area (Å²) in [6, 6.07) is 9.28. The molecular formula is C25H25FN6O3. The van der Waals surface area contributed by atoms with E-state index in [4.69, 9.17) is 4.74 Å². The van der Waals surface area contributed by atoms with E-state index in [0.29, 0.717) is 41.0 Å². The second kappa shape index (κ2) is 9.30. The van der Waals surface area contributed by atoms with E-state index >= 15 is 0 Å². The number of hydrogen-bond donors (Lipinski definition) is 3. The Balaban J connectivity index is 1.41. The highest BCUT2D eigenvalue weighted by Crippen LogP contribution is 2.27. The SMILES string of the molecule is COc1ccc([C@H](NC(=O)c2ccc3cnc(N[C@H]4C[C@H](O)C4)nc3c2)c2cnn(C)c2)cc1F. The van der Waals surface area contributed by atoms with Crippen molar-refractivity contribution in [2.24, 2.45) is 7.05 Å². The van der Waals surface area contributed by atoms with Gasteiger partial charge in [-0.25, -0.2) is 14.4 Å². The molecule has 180 valence electrons. The van der Waals surface area contributed by atoms with Crippen molar-refractivity contribution >= 4 is 22.8 Å². The molecule has 1 saturated carbocycles. The van der Waals surface area contributed by atoms with Crippen LogP contribution in [0.5, 0.6) is 5.75 Å². The predicted molar refractivity (Wildman–Crippen MR) is 128 cm³/mol. The second-order valence-corrected chi connectivity index (χ2v) is 8.68. The van der Waals surface area contributed by atoms with E-state index in [1.54, 1.807) is 54.6 Å². The molecule has 1 aliphatic carbocycles. The molecule has 0 radical (unpaired) electrons. The van der Waals surface area contributed by atoms with Gasteiger partial charge in [-0.15, -0.1) is 0 Å². The van der Waals surface area contributed by atoms with E-state index in [1.807, 2.05) is 0 Å². The summed E-state index contributed by atoms with van der Waals surface area (Å²) < 4.78 is 21.1. The van der Waals surface area contributed by atoms with Crippen LogP contribution in [0.15, 0.2) is 55.0 Å². The summed E-state index contributed by atoms with van der Waals surface area (Å²) >= 11 is 0. The molecule has 0 spiro atoms. The van der Waals surface area contributed by atoms with Crippen molar-refractivity contribution in [3.05, 3.63) is 77.5 Å². The Bertz CT molecular complexity index is 1380. The fourth-order valence-corrected chi connectivity index (χ4v) is 4.15. The Labute approximate surface area is 201 Å². The Morgan fingerprint density at radius 1 is 1.20 bits per heavy atom. The highest BCUT2D eigenvalue weighted by molar-refractivity contribution is 5.98. The van der Waals surface area contributed by atoms with E-state index in [1.165, 1.54) is 19.2 Å². The Kier molecular flexibility index (Phi) is 6.04. The fraction of sp³-hybridized carbons (Fsp3) is 0.280. The van der Waals surface area contributed by atoms with Gasteiger partial charge in [-0.2, -0.15) is 5.10 Å². The third kappa shape index (κ3) is 4.78. The minimum Gasteiger partial charge on any atom is -0.494 e. The van der Waals surface area contributed by atoms with Gasteiger partial charge in [0.2, 0.25) is 5.95 Å². The second-order valence-electron chi connectivity index (χ2n) is 8.68. The number of aromatic nitrogens is 4. The Morgan fingerprint density at radius 3 is 2.71 bits per heavy atom. The number of carbonyl (C=O) groups is 1. The molecule has 2 aromatic carbocycles. The highest BCUT2D eigenvalue weighted by Gasteiger charge is 2.27. The fourth-order valence-electron chi connectivity index (χ4n) is 4.15. The molecule has 35 heavy (non-hydrogen) atoms. The van der Waals surface area contributed by atoms with E-state index < -0.39 is 11.9 Å². The molecule has 2 aromatic heterocycles. The Hall–Kier alpha value is -4.05. The first-order chi connectivity index (χ1) is 16.9. The Morgan fingerprint density at radius 2 is 2.03 bits per heavy atom. The molecular weight excluding hydrogens is 451 g/mol. The number of halogens is 1. The van der Waals surface area contributed by atoms with E-state index in [0.717, 1.165) is 5.39 Å². The van der Waals surface area contributed by atoms with Crippen molar-refractivity contribution in [1.29, 1.82) is 0 Å². The van der Waals surface area contributed by atoms with Crippen LogP contribution in [0.3, 0.4) is 0 Å². The van der Waals surface area contributed by atoms with Crippen LogP contribution in [0, 0.1) is 5.82 Å². The van der Waals surface area contributed by atoms with Crippen molar-refractivity contribution < 1.29 is 19.0 Å². The number of aryl methyl sites for hydroxylation is 1. The number of ether oxygens (including phenoxy) is 1. The number of nitrogens with zero attached hydrogens (tertiary/aromatic N) is 4. The minimum absolute atomic E-state index is 0.125. The van der Waals surface area contributed by atoms with Crippen molar-refractivity contribution in [1.82, 2.24) is 25.1 Å². The molecule has 1 atom stereocenters. The lowest BCUT2D eigenvalue weighted by molar-refractivity contribution is 0.0834. The number of rotatable bonds is 7. The van der Waals surface area contributed by atoms with Gasteiger partial charge in [-0.3, -0.25) is 9.48 Å². The van der Waals surface area contributed by atoms with Gasteiger partial charge in [0, 0.05) is 42.0 Å². The molecule has 2 heterocycles. The van der Waals surface area contributed by atoms with Crippen molar-refractivity contribution in [2.75, 3.05) is 12.4 Å². The van der Waals surface area contributed by atoms with Crippen molar-refractivity contribution in [3.8, 4) is 5.75 Å². The minimum atomic E-state index is -0.625. The number of anilines is 1. The third-order valence-corrected chi connectivity index (χ3v) is 6.13. The molecule has 0 aliphatic heterocycles. The number of methoxy groups -OCH3 is 1. The lowest BCUT2D eigenvalue weighted by Gasteiger charge is -2.31. The normalized spacial score (nSPS) is 18.1. The monoisotopic (exact) mass is 476 g/mol. The van der Waals surface area contributed by atoms with Crippen LogP contribution < -0.4 is 15.4 Å². The molecule has 0 saturated heterocycles. The van der Waals surface area contributed by atoms with Crippen LogP contribution in [0.4, 0.5) is 10.3 Å². The quantitative estimate of drug-likeness (QED) is 0.376. The highest BCUT2D eigenvalue weighted by atomic mass is 19.1. The summed E-state index contributed by atoms with van der Waals surface area (Å²) in [5.74, 6) is -0.282. The van der Waals surface area contributed by atoms with E-state index in [9.17, 15) is 14.3 Å². The number of benzene rings is 2. The summed E-state index contributed by atoms with van der Waals surface area (Å²) in [6.45, 7) is 0. The summed E-state index contributed by atoms with van der Waals surface area (Å²) in [7, 11) is 3.17. The van der Waals surface area contributed by atoms with Gasteiger partial charge in [0.1, 0.15) is 0 Å². The van der Waals surface area contributed by atoms with Crippen LogP contribution in [0.1, 0.15) is 40.4 Å². The zero-order chi connectivity index (χ0) is 24.5. The average Bonchev–Trinajstić information content (AvgIpc) is 3.26. The number of nitrogens with one attached hydrogen (secondary N) is 2. The molecule has 1 fully saturated rings. The first-order valence-electron chi connectivity index (χ1n) is 11.2. The van der Waals surface area contributed by atoms with Crippen molar-refractivity contribution in [2.45, 2.75) is 31.0 Å². The maximum absolute atomic E-state index is 14.5. The zero-order valence-electron chi connectivity index (χ0n) is 19.3. The standard InChI is InChI=1S/C25H25FN6O3/c1-32-13-17(12-28-32)23(14-5-6-22(35-2)20(26)7-14)31-24(34)15-3-4-16-11-27-25(30-21(16)8-15)29-18-9-19(33)10-18/h3-8,11-13,18-19,23,33H,9-10H2,1-2H3,(H,31,34)(H,27,29,30)/t18-,19-,23-/m0/s1. The van der Waals surface area contributed by atoms with Gasteiger partial charge >= 0.3 is 0 Å². The number of aliphatic hydroxyl groups excluding tert-OH is 1. The van der Waals surface area contributed by atoms with Gasteiger partial charge in [-0.1, -0.05) is 12.1 Å². The lowest BCUT2D eigenvalue weighted by Crippen LogP contribution is -2.39. The van der Waals surface area contributed by atoms with Crippen LogP contribution in [0.2, 0.25) is 0 Å². The largest absolute Gasteiger partial charge is 0.494 e. The topological polar surface area (TPSA) is 114 Å². The molecule has 10 heteroatoms. The first kappa shape index (κ1) is 22.7. The zero-order valence-corrected chi connectivity index (χ0v) is 19.3. The lowest BCUT2D eigenvalue weighted by atomic mass is 9.90. The van der Waals surface area contributed by atoms with Gasteiger partial charge in [0.15, 0.2) is 11.6 Å². The number of aliphatic hydroxyl groups is 1. The number of fused-ring (bicyclic) bond motifs is 1. The van der Waals surface area contributed by atoms with Crippen LogP contribution in [-0.4, -0.2) is 50.0 Å². The number of hydrogen-bond acceptors (Lipinski definition) is 7. The summed E-state index contributed by atoms with van der Waals surface area (Å²) in [5, 5.41) is 20.7. The number of amides is 1. The molecule has 0 bridgehead atoms. The van der Waals surface area contributed by atoms with Crippen molar-refractivity contribution in [3.63, 3.8) is 0 Å². The molecule has 4 aromatic rings. The average molecular weight is 477 g/mol. The predicted octanol–water partition coefficient (Wildman–Crippen LogP) is 2.97. The molecule has 5 rings (SSSR count). The molecule has 1 aliphatic rings. The summed E-state index contributed by atoms with van der Waals surface area (Å²) in [5.41, 5.74) is 2.29. The van der Waals surface area contributed by atoms with E-state index in [2.05, 4.69) is 25.7 Å². The summed E-state index contributed by atoms with van der Waals surface area (Å²) in [4.78, 5) is 22.1. The first-order valence-corrected chi connectivity index (χ1v) is 11.2. The van der Waals surface area contributed by atoms with Gasteiger partial charge in [0.05, 0.1) is 31.0 Å². The van der Waals surface area contributed by atoms with Gasteiger partial charge in [-0.05, 0) is 42.7 Å². The maximum atomic E-state index is 14.5. The number of carbonyl (C=O) groups excluding carboxylic acids is 1.